The number of Topliss-reactive ketones (excluding diaryl/α,β-unsaturated/α-hetero) is 1. The van der Waals surface area contributed by atoms with Crippen molar-refractivity contribution in [3.63, 3.8) is 0 Å². The fourth-order valence-electron chi connectivity index (χ4n) is 6.17. The fraction of sp³-hybridized carbons (Fsp3) is 0.480. The van der Waals surface area contributed by atoms with E-state index in [1.54, 1.807) is 0 Å². The molecule has 2 saturated carbocycles. The monoisotopic (exact) mass is 394 g/mol. The van der Waals surface area contributed by atoms with Gasteiger partial charge in [0.2, 0.25) is 0 Å². The average Bonchev–Trinajstić information content (AvgIpc) is 3.02. The number of carbonyl (C=O) groups is 1. The zero-order valence-corrected chi connectivity index (χ0v) is 17.2. The number of aryl methyl sites for hydroxylation is 1. The van der Waals surface area contributed by atoms with Gasteiger partial charge in [-0.15, -0.1) is 0 Å². The molecule has 4 atom stereocenters. The van der Waals surface area contributed by atoms with Gasteiger partial charge in [-0.3, -0.25) is 4.79 Å². The highest BCUT2D eigenvalue weighted by Gasteiger charge is 2.54. The van der Waals surface area contributed by atoms with Crippen molar-refractivity contribution in [2.24, 2.45) is 17.3 Å². The van der Waals surface area contributed by atoms with E-state index in [0.717, 1.165) is 48.4 Å². The molecule has 3 aliphatic carbocycles. The van der Waals surface area contributed by atoms with Gasteiger partial charge in [0.15, 0.2) is 0 Å². The summed E-state index contributed by atoms with van der Waals surface area (Å²) in [6, 6.07) is 14.5. The van der Waals surface area contributed by atoms with E-state index >= 15 is 0 Å². The van der Waals surface area contributed by atoms with Gasteiger partial charge in [0.1, 0.15) is 18.1 Å². The number of rotatable bonds is 3. The van der Waals surface area contributed by atoms with E-state index in [4.69, 9.17) is 16.3 Å². The Kier molecular flexibility index (Phi) is 4.50. The summed E-state index contributed by atoms with van der Waals surface area (Å²) in [6.07, 6.45) is 6.44. The second-order valence-corrected chi connectivity index (χ2v) is 9.55. The summed E-state index contributed by atoms with van der Waals surface area (Å²) in [5.74, 6) is 3.36. The van der Waals surface area contributed by atoms with Crippen molar-refractivity contribution in [2.45, 2.75) is 58.0 Å². The first-order chi connectivity index (χ1) is 13.5. The highest BCUT2D eigenvalue weighted by atomic mass is 35.5. The number of fused-ring (bicyclic) bond motifs is 5. The molecule has 2 aromatic rings. The molecule has 3 aliphatic rings. The minimum absolute atomic E-state index is 0.0414. The third-order valence-electron chi connectivity index (χ3n) is 7.73. The van der Waals surface area contributed by atoms with Crippen molar-refractivity contribution < 1.29 is 9.53 Å². The highest BCUT2D eigenvalue weighted by molar-refractivity contribution is 6.30. The van der Waals surface area contributed by atoms with Gasteiger partial charge in [-0.25, -0.2) is 0 Å². The van der Waals surface area contributed by atoms with Crippen LogP contribution in [0.3, 0.4) is 0 Å². The number of ketones is 1. The Morgan fingerprint density at radius 2 is 1.89 bits per heavy atom. The Labute approximate surface area is 172 Å². The molecule has 0 saturated heterocycles. The molecular weight excluding hydrogens is 368 g/mol. The van der Waals surface area contributed by atoms with Crippen molar-refractivity contribution in [1.82, 2.24) is 0 Å². The van der Waals surface area contributed by atoms with E-state index in [2.05, 4.69) is 25.1 Å². The molecule has 2 nitrogen and oxygen atoms in total. The fourth-order valence-corrected chi connectivity index (χ4v) is 6.29. The van der Waals surface area contributed by atoms with Gasteiger partial charge in [0.05, 0.1) is 0 Å². The molecule has 5 rings (SSSR count). The topological polar surface area (TPSA) is 26.3 Å². The van der Waals surface area contributed by atoms with Crippen LogP contribution in [0, 0.1) is 17.3 Å². The van der Waals surface area contributed by atoms with Crippen LogP contribution in [-0.2, 0) is 17.8 Å². The van der Waals surface area contributed by atoms with Crippen LogP contribution in [0.4, 0.5) is 0 Å². The van der Waals surface area contributed by atoms with Crippen molar-refractivity contribution >= 4 is 17.4 Å². The molecule has 0 amide bonds. The molecule has 0 heterocycles. The van der Waals surface area contributed by atoms with Crippen molar-refractivity contribution in [3.8, 4) is 5.75 Å². The van der Waals surface area contributed by atoms with Crippen LogP contribution in [0.2, 0.25) is 5.02 Å². The summed E-state index contributed by atoms with van der Waals surface area (Å²) in [5.41, 5.74) is 4.04. The molecule has 146 valence electrons. The van der Waals surface area contributed by atoms with Crippen LogP contribution in [0.1, 0.15) is 61.6 Å². The maximum atomic E-state index is 12.5. The third kappa shape index (κ3) is 2.97. The van der Waals surface area contributed by atoms with E-state index in [1.165, 1.54) is 17.5 Å². The molecule has 2 fully saturated rings. The molecule has 3 unspecified atom stereocenters. The van der Waals surface area contributed by atoms with E-state index in [0.29, 0.717) is 30.1 Å². The summed E-state index contributed by atoms with van der Waals surface area (Å²) in [7, 11) is 0. The number of hydrogen-bond donors (Lipinski definition) is 0. The Morgan fingerprint density at radius 3 is 2.71 bits per heavy atom. The van der Waals surface area contributed by atoms with Gasteiger partial charge in [-0.05, 0) is 90.8 Å². The van der Waals surface area contributed by atoms with Gasteiger partial charge in [-0.2, -0.15) is 0 Å². The van der Waals surface area contributed by atoms with E-state index in [1.807, 2.05) is 24.3 Å². The van der Waals surface area contributed by atoms with E-state index in [9.17, 15) is 4.79 Å². The van der Waals surface area contributed by atoms with Crippen LogP contribution in [0.25, 0.3) is 0 Å². The summed E-state index contributed by atoms with van der Waals surface area (Å²) >= 11 is 5.95. The van der Waals surface area contributed by atoms with Gasteiger partial charge < -0.3 is 4.74 Å². The molecule has 0 spiro atoms. The predicted octanol–water partition coefficient (Wildman–Crippen LogP) is 6.34. The Hall–Kier alpha value is -1.80. The van der Waals surface area contributed by atoms with Crippen molar-refractivity contribution in [1.29, 1.82) is 0 Å². The van der Waals surface area contributed by atoms with Crippen LogP contribution in [0.5, 0.6) is 5.75 Å². The van der Waals surface area contributed by atoms with Gasteiger partial charge >= 0.3 is 0 Å². The maximum absolute atomic E-state index is 12.5. The molecule has 0 radical (unpaired) electrons. The molecule has 0 bridgehead atoms. The molecule has 2 aromatic carbocycles. The summed E-state index contributed by atoms with van der Waals surface area (Å²) in [6.45, 7) is 2.80. The van der Waals surface area contributed by atoms with Gasteiger partial charge in [0.25, 0.3) is 0 Å². The first-order valence-corrected chi connectivity index (χ1v) is 11.0. The van der Waals surface area contributed by atoms with Crippen LogP contribution in [0.15, 0.2) is 42.5 Å². The first-order valence-electron chi connectivity index (χ1n) is 10.6. The van der Waals surface area contributed by atoms with Crippen molar-refractivity contribution in [2.75, 3.05) is 0 Å². The molecule has 3 heteroatoms. The summed E-state index contributed by atoms with van der Waals surface area (Å²) in [4.78, 5) is 12.5. The highest BCUT2D eigenvalue weighted by Crippen LogP contribution is 2.59. The van der Waals surface area contributed by atoms with Gasteiger partial charge in [-0.1, -0.05) is 36.7 Å². The minimum atomic E-state index is -0.0414. The lowest BCUT2D eigenvalue weighted by molar-refractivity contribution is -0.129. The lowest BCUT2D eigenvalue weighted by atomic mass is 9.55. The lowest BCUT2D eigenvalue weighted by Gasteiger charge is -2.48. The average molecular weight is 395 g/mol. The zero-order valence-electron chi connectivity index (χ0n) is 16.4. The number of carbonyl (C=O) groups excluding carboxylic acids is 1. The molecule has 0 aliphatic heterocycles. The molecule has 28 heavy (non-hydrogen) atoms. The Balaban J connectivity index is 1.33. The first kappa shape index (κ1) is 18.2. The second-order valence-electron chi connectivity index (χ2n) is 9.11. The summed E-state index contributed by atoms with van der Waals surface area (Å²) < 4.78 is 6.05. The number of ether oxygens (including phenoxy) is 1. The normalized spacial score (nSPS) is 31.1. The Morgan fingerprint density at radius 1 is 1.07 bits per heavy atom. The zero-order chi connectivity index (χ0) is 19.3. The third-order valence-corrected chi connectivity index (χ3v) is 7.98. The quantitative estimate of drug-likeness (QED) is 0.606. The van der Waals surface area contributed by atoms with E-state index < -0.39 is 0 Å². The minimum Gasteiger partial charge on any atom is -0.489 e. The SMILES string of the molecule is C[C@@]12CCC3c4ccc(OCc5ccc(Cl)cc5)cc4CCC3C1CCC2=O. The predicted molar refractivity (Wildman–Crippen MR) is 112 cm³/mol. The van der Waals surface area contributed by atoms with Crippen molar-refractivity contribution in [3.05, 3.63) is 64.2 Å². The number of halogens is 1. The largest absolute Gasteiger partial charge is 0.489 e. The van der Waals surface area contributed by atoms with Crippen LogP contribution >= 0.6 is 11.6 Å². The molecule has 0 aromatic heterocycles. The van der Waals surface area contributed by atoms with Gasteiger partial charge in [0, 0.05) is 16.9 Å². The smallest absolute Gasteiger partial charge is 0.139 e. The second kappa shape index (κ2) is 6.91. The molecule has 0 N–H and O–H groups in total. The Bertz CT molecular complexity index is 903. The number of hydrogen-bond acceptors (Lipinski definition) is 2. The lowest BCUT2D eigenvalue weighted by Crippen LogP contribution is -2.42. The standard InChI is InChI=1S/C25H27ClO2/c1-25-13-12-21-20-9-7-19(28-15-16-2-5-18(26)6-3-16)14-17(20)4-8-22(21)23(25)10-11-24(25)27/h2-3,5-7,9,14,21-23H,4,8,10-13,15H2,1H3/t21?,22?,23?,25-/m1/s1. The van der Waals surface area contributed by atoms with Crippen LogP contribution < -0.4 is 4.74 Å². The van der Waals surface area contributed by atoms with Crippen LogP contribution in [-0.4, -0.2) is 5.78 Å². The molecular formula is C25H27ClO2. The summed E-state index contributed by atoms with van der Waals surface area (Å²) in [5, 5.41) is 0.750. The van der Waals surface area contributed by atoms with E-state index in [-0.39, 0.29) is 5.41 Å². The maximum Gasteiger partial charge on any atom is 0.139 e. The number of benzene rings is 2.